The third-order valence-corrected chi connectivity index (χ3v) is 10.3. The maximum Gasteiger partial charge on any atom is 0.178 e. The fraction of sp³-hybridized carbons (Fsp3) is 0.593. The lowest BCUT2D eigenvalue weighted by Crippen LogP contribution is -2.61. The molecule has 4 aliphatic rings. The summed E-state index contributed by atoms with van der Waals surface area (Å²) in [6, 6.07) is 5.74. The Balaban J connectivity index is 1.36. The number of nitrogens with zero attached hydrogens (tertiary/aromatic N) is 1. The van der Waals surface area contributed by atoms with E-state index in [9.17, 15) is 19.8 Å². The zero-order valence-electron chi connectivity index (χ0n) is 19.4. The third kappa shape index (κ3) is 3.48. The van der Waals surface area contributed by atoms with Gasteiger partial charge in [0.2, 0.25) is 0 Å². The second-order valence-electron chi connectivity index (χ2n) is 10.8. The molecule has 0 radical (unpaired) electrons. The molecule has 4 aliphatic carbocycles. The quantitative estimate of drug-likeness (QED) is 0.683. The van der Waals surface area contributed by atoms with Crippen LogP contribution in [0.1, 0.15) is 51.6 Å². The second-order valence-corrected chi connectivity index (χ2v) is 11.8. The molecule has 6 heteroatoms. The Bertz CT molecular complexity index is 1020. The number of rotatable bonds is 5. The van der Waals surface area contributed by atoms with Gasteiger partial charge in [0.1, 0.15) is 5.60 Å². The topological polar surface area (TPSA) is 87.5 Å². The highest BCUT2D eigenvalue weighted by Gasteiger charge is 2.67. The number of thioether (sulfide) groups is 1. The Morgan fingerprint density at radius 3 is 2.85 bits per heavy atom. The van der Waals surface area contributed by atoms with E-state index in [-0.39, 0.29) is 40.5 Å². The van der Waals surface area contributed by atoms with E-state index in [4.69, 9.17) is 0 Å². The van der Waals surface area contributed by atoms with Crippen LogP contribution in [0.3, 0.4) is 0 Å². The summed E-state index contributed by atoms with van der Waals surface area (Å²) in [6.07, 6.45) is 9.91. The molecule has 1 heterocycles. The van der Waals surface area contributed by atoms with Crippen LogP contribution in [0.5, 0.6) is 0 Å². The first-order valence-electron chi connectivity index (χ1n) is 12.0. The number of ketones is 2. The van der Waals surface area contributed by atoms with Gasteiger partial charge in [0.05, 0.1) is 17.6 Å². The standard InChI is InChI=1S/C27H33NO4S/c1-25-10-8-19(29)13-17(25)6-7-20-21-9-11-27(32,26(21,2)14-22(30)24(20)25)23(31)16-33-15-18-5-3-4-12-28-18/h3-5,8,10,12-13,20-22,24,30,32H,6-7,9,11,14-16H2,1-2H3/t20?,21?,22-,24?,25?,26?,27-/m0/s1. The Morgan fingerprint density at radius 1 is 1.27 bits per heavy atom. The van der Waals surface area contributed by atoms with Gasteiger partial charge in [-0.3, -0.25) is 14.6 Å². The van der Waals surface area contributed by atoms with E-state index in [1.54, 1.807) is 18.3 Å². The van der Waals surface area contributed by atoms with Gasteiger partial charge < -0.3 is 10.2 Å². The number of allylic oxidation sites excluding steroid dienone is 4. The van der Waals surface area contributed by atoms with Crippen LogP contribution in [0.25, 0.3) is 0 Å². The normalized spacial score (nSPS) is 41.7. The maximum atomic E-state index is 13.4. The molecule has 0 amide bonds. The highest BCUT2D eigenvalue weighted by molar-refractivity contribution is 7.99. The number of hydrogen-bond donors (Lipinski definition) is 2. The molecule has 0 spiro atoms. The average Bonchev–Trinajstić information content (AvgIpc) is 3.06. The van der Waals surface area contributed by atoms with E-state index < -0.39 is 17.1 Å². The largest absolute Gasteiger partial charge is 0.393 e. The van der Waals surface area contributed by atoms with Crippen LogP contribution < -0.4 is 0 Å². The van der Waals surface area contributed by atoms with Gasteiger partial charge >= 0.3 is 0 Å². The summed E-state index contributed by atoms with van der Waals surface area (Å²) in [4.78, 5) is 29.7. The molecule has 3 fully saturated rings. The van der Waals surface area contributed by atoms with Crippen molar-refractivity contribution in [3.8, 4) is 0 Å². The van der Waals surface area contributed by atoms with Crippen molar-refractivity contribution in [1.29, 1.82) is 0 Å². The van der Waals surface area contributed by atoms with Crippen LogP contribution >= 0.6 is 11.8 Å². The third-order valence-electron chi connectivity index (χ3n) is 9.32. The molecule has 176 valence electrons. The SMILES string of the molecule is CC12C=CC(=O)C=C1CCC1C2[C@@H](O)CC2(C)C1CC[C@]2(O)C(=O)CSCc1ccccn1. The van der Waals surface area contributed by atoms with Crippen molar-refractivity contribution in [1.82, 2.24) is 4.98 Å². The molecule has 33 heavy (non-hydrogen) atoms. The van der Waals surface area contributed by atoms with Gasteiger partial charge in [-0.15, -0.1) is 11.8 Å². The molecule has 2 N–H and O–H groups in total. The van der Waals surface area contributed by atoms with Crippen LogP contribution in [-0.4, -0.2) is 44.2 Å². The van der Waals surface area contributed by atoms with Gasteiger partial charge in [-0.05, 0) is 68.2 Å². The lowest BCUT2D eigenvalue weighted by atomic mass is 9.46. The first kappa shape index (κ1) is 23.0. The molecule has 5 unspecified atom stereocenters. The molecule has 0 bridgehead atoms. The van der Waals surface area contributed by atoms with Crippen LogP contribution in [0.15, 0.2) is 48.2 Å². The molecular formula is C27H33NO4S. The summed E-state index contributed by atoms with van der Waals surface area (Å²) < 4.78 is 0. The number of pyridine rings is 1. The van der Waals surface area contributed by atoms with Gasteiger partial charge in [-0.1, -0.05) is 31.6 Å². The van der Waals surface area contributed by atoms with Crippen molar-refractivity contribution in [2.75, 3.05) is 5.75 Å². The fourth-order valence-corrected chi connectivity index (χ4v) is 8.55. The summed E-state index contributed by atoms with van der Waals surface area (Å²) >= 11 is 1.49. The van der Waals surface area contributed by atoms with Crippen molar-refractivity contribution < 1.29 is 19.8 Å². The summed E-state index contributed by atoms with van der Waals surface area (Å²) in [6.45, 7) is 4.17. The molecule has 3 saturated carbocycles. The molecule has 1 aromatic heterocycles. The Morgan fingerprint density at radius 2 is 2.09 bits per heavy atom. The predicted molar refractivity (Wildman–Crippen MR) is 128 cm³/mol. The van der Waals surface area contributed by atoms with Crippen LogP contribution in [0, 0.1) is 28.6 Å². The van der Waals surface area contributed by atoms with Crippen molar-refractivity contribution in [3.05, 3.63) is 53.9 Å². The van der Waals surface area contributed by atoms with E-state index >= 15 is 0 Å². The lowest BCUT2D eigenvalue weighted by Gasteiger charge is -2.59. The monoisotopic (exact) mass is 467 g/mol. The van der Waals surface area contributed by atoms with Gasteiger partial charge in [0.25, 0.3) is 0 Å². The number of aliphatic hydroxyl groups excluding tert-OH is 1. The first-order chi connectivity index (χ1) is 15.7. The number of aromatic nitrogens is 1. The Labute approximate surface area is 199 Å². The van der Waals surface area contributed by atoms with Gasteiger partial charge in [-0.2, -0.15) is 0 Å². The number of fused-ring (bicyclic) bond motifs is 5. The number of carbonyl (C=O) groups is 2. The van der Waals surface area contributed by atoms with E-state index in [1.165, 1.54) is 11.8 Å². The molecule has 5 nitrogen and oxygen atoms in total. The Hall–Kier alpha value is -1.76. The van der Waals surface area contributed by atoms with E-state index in [1.807, 2.05) is 31.2 Å². The van der Waals surface area contributed by atoms with E-state index in [0.29, 0.717) is 18.6 Å². The fourth-order valence-electron chi connectivity index (χ4n) is 7.64. The number of hydrogen-bond acceptors (Lipinski definition) is 6. The van der Waals surface area contributed by atoms with Crippen LogP contribution in [-0.2, 0) is 15.3 Å². The van der Waals surface area contributed by atoms with E-state index in [2.05, 4.69) is 11.9 Å². The summed E-state index contributed by atoms with van der Waals surface area (Å²) in [7, 11) is 0. The summed E-state index contributed by atoms with van der Waals surface area (Å²) in [5.74, 6) is 1.21. The predicted octanol–water partition coefficient (Wildman–Crippen LogP) is 3.89. The van der Waals surface area contributed by atoms with Crippen molar-refractivity contribution in [2.45, 2.75) is 63.4 Å². The van der Waals surface area contributed by atoms with Crippen molar-refractivity contribution in [3.63, 3.8) is 0 Å². The zero-order valence-corrected chi connectivity index (χ0v) is 20.2. The molecule has 5 rings (SSSR count). The summed E-state index contributed by atoms with van der Waals surface area (Å²) in [5.41, 5.74) is -0.333. The molecule has 1 aromatic rings. The van der Waals surface area contributed by atoms with E-state index in [0.717, 1.165) is 30.5 Å². The van der Waals surface area contributed by atoms with Crippen LogP contribution in [0.4, 0.5) is 0 Å². The number of Topliss-reactive ketones (excluding diaryl/α,β-unsaturated/α-hetero) is 1. The van der Waals surface area contributed by atoms with Gasteiger partial charge in [0.15, 0.2) is 11.6 Å². The molecule has 0 aliphatic heterocycles. The molecule has 0 saturated heterocycles. The minimum Gasteiger partial charge on any atom is -0.393 e. The molecule has 0 aromatic carbocycles. The maximum absolute atomic E-state index is 13.4. The lowest BCUT2D eigenvalue weighted by molar-refractivity contribution is -0.174. The average molecular weight is 468 g/mol. The highest BCUT2D eigenvalue weighted by atomic mass is 32.2. The highest BCUT2D eigenvalue weighted by Crippen LogP contribution is 2.67. The second kappa shape index (κ2) is 8.17. The number of carbonyl (C=O) groups excluding carboxylic acids is 2. The minimum atomic E-state index is -1.41. The smallest absolute Gasteiger partial charge is 0.178 e. The van der Waals surface area contributed by atoms with Crippen molar-refractivity contribution in [2.24, 2.45) is 28.6 Å². The van der Waals surface area contributed by atoms with Gasteiger partial charge in [-0.25, -0.2) is 0 Å². The zero-order chi connectivity index (χ0) is 23.4. The summed E-state index contributed by atoms with van der Waals surface area (Å²) in [5, 5.41) is 23.2. The molecular weight excluding hydrogens is 434 g/mol. The molecule has 7 atom stereocenters. The first-order valence-corrected chi connectivity index (χ1v) is 13.2. The Kier molecular flexibility index (Phi) is 5.70. The van der Waals surface area contributed by atoms with Crippen LogP contribution in [0.2, 0.25) is 0 Å². The minimum absolute atomic E-state index is 0.0101. The van der Waals surface area contributed by atoms with Gasteiger partial charge in [0, 0.05) is 28.7 Å². The van der Waals surface area contributed by atoms with Crippen molar-refractivity contribution >= 4 is 23.3 Å². The number of aliphatic hydroxyl groups is 2.